The lowest BCUT2D eigenvalue weighted by molar-refractivity contribution is 0.573. The first-order valence-electron chi connectivity index (χ1n) is 7.84. The molecule has 4 aromatic rings. The van der Waals surface area contributed by atoms with Gasteiger partial charge in [-0.2, -0.15) is 0 Å². The lowest BCUT2D eigenvalue weighted by Crippen LogP contribution is -2.09. The van der Waals surface area contributed by atoms with Crippen LogP contribution in [-0.2, 0) is 6.42 Å². The zero-order valence-electron chi connectivity index (χ0n) is 13.3. The Morgan fingerprint density at radius 1 is 0.920 bits per heavy atom. The Balaban J connectivity index is 1.56. The summed E-state index contributed by atoms with van der Waals surface area (Å²) >= 11 is 0. The molecular formula is C18H15N5O2. The maximum absolute atomic E-state index is 5.51. The molecule has 0 saturated carbocycles. The molecule has 0 atom stereocenters. The van der Waals surface area contributed by atoms with Crippen molar-refractivity contribution in [3.63, 3.8) is 0 Å². The van der Waals surface area contributed by atoms with Crippen LogP contribution in [0.4, 0.5) is 5.95 Å². The predicted octanol–water partition coefficient (Wildman–Crippen LogP) is 3.44. The Hall–Kier alpha value is -3.48. The van der Waals surface area contributed by atoms with Crippen molar-refractivity contribution in [3.8, 4) is 22.8 Å². The fraction of sp³-hybridized carbons (Fsp3) is 0.111. The van der Waals surface area contributed by atoms with Crippen LogP contribution < -0.4 is 5.32 Å². The van der Waals surface area contributed by atoms with Gasteiger partial charge in [0.15, 0.2) is 5.76 Å². The first kappa shape index (κ1) is 15.1. The molecule has 0 aliphatic rings. The Labute approximate surface area is 143 Å². The van der Waals surface area contributed by atoms with Crippen molar-refractivity contribution in [3.05, 3.63) is 67.3 Å². The summed E-state index contributed by atoms with van der Waals surface area (Å²) in [5.74, 6) is 1.87. The zero-order valence-corrected chi connectivity index (χ0v) is 13.3. The predicted molar refractivity (Wildman–Crippen MR) is 91.7 cm³/mol. The number of anilines is 1. The van der Waals surface area contributed by atoms with Crippen LogP contribution in [0.5, 0.6) is 0 Å². The number of hydrogen-bond donors (Lipinski definition) is 1. The number of aromatic nitrogens is 4. The standard InChI is InChI=1S/C18H15N5O2/c1-3-15(24-9-1)14-12-22-18(23-17(14)16-4-2-10-25-16)21-6-5-13-11-19-7-8-20-13/h1-4,7-12H,5-6H2,(H,21,22,23). The van der Waals surface area contributed by atoms with E-state index in [0.717, 1.165) is 17.7 Å². The molecule has 0 amide bonds. The monoisotopic (exact) mass is 333 g/mol. The van der Waals surface area contributed by atoms with Gasteiger partial charge in [0.05, 0.1) is 23.8 Å². The highest BCUT2D eigenvalue weighted by molar-refractivity contribution is 5.75. The Morgan fingerprint density at radius 2 is 1.76 bits per heavy atom. The summed E-state index contributed by atoms with van der Waals surface area (Å²) in [6.45, 7) is 0.649. The fourth-order valence-corrected chi connectivity index (χ4v) is 2.44. The average molecular weight is 333 g/mol. The van der Waals surface area contributed by atoms with Gasteiger partial charge in [-0.3, -0.25) is 9.97 Å². The zero-order chi connectivity index (χ0) is 16.9. The minimum absolute atomic E-state index is 0.519. The van der Waals surface area contributed by atoms with Gasteiger partial charge < -0.3 is 14.2 Å². The SMILES string of the molecule is c1coc(-c2cnc(NCCc3cnccn3)nc2-c2ccco2)c1. The van der Waals surface area contributed by atoms with Gasteiger partial charge >= 0.3 is 0 Å². The van der Waals surface area contributed by atoms with Gasteiger partial charge in [-0.15, -0.1) is 0 Å². The molecule has 4 rings (SSSR count). The molecule has 0 aliphatic carbocycles. The van der Waals surface area contributed by atoms with Crippen LogP contribution in [0.2, 0.25) is 0 Å². The molecule has 1 N–H and O–H groups in total. The second kappa shape index (κ2) is 6.96. The third-order valence-corrected chi connectivity index (χ3v) is 3.61. The highest BCUT2D eigenvalue weighted by Gasteiger charge is 2.15. The van der Waals surface area contributed by atoms with E-state index in [1.165, 1.54) is 0 Å². The van der Waals surface area contributed by atoms with Crippen molar-refractivity contribution in [2.45, 2.75) is 6.42 Å². The number of nitrogens with zero attached hydrogens (tertiary/aromatic N) is 4. The number of rotatable bonds is 6. The van der Waals surface area contributed by atoms with Crippen molar-refractivity contribution in [2.24, 2.45) is 0 Å². The Bertz CT molecular complexity index is 922. The molecule has 0 radical (unpaired) electrons. The van der Waals surface area contributed by atoms with Crippen LogP contribution in [0.1, 0.15) is 5.69 Å². The quantitative estimate of drug-likeness (QED) is 0.578. The molecule has 0 fully saturated rings. The smallest absolute Gasteiger partial charge is 0.223 e. The second-order valence-corrected chi connectivity index (χ2v) is 5.28. The molecule has 0 aliphatic heterocycles. The molecule has 4 heterocycles. The maximum Gasteiger partial charge on any atom is 0.223 e. The molecule has 0 saturated heterocycles. The molecule has 7 nitrogen and oxygen atoms in total. The maximum atomic E-state index is 5.51. The third kappa shape index (κ3) is 3.40. The van der Waals surface area contributed by atoms with Gasteiger partial charge in [-0.05, 0) is 24.3 Å². The molecule has 0 unspecified atom stereocenters. The summed E-state index contributed by atoms with van der Waals surface area (Å²) in [6, 6.07) is 7.38. The van der Waals surface area contributed by atoms with Crippen molar-refractivity contribution >= 4 is 5.95 Å². The highest BCUT2D eigenvalue weighted by atomic mass is 16.3. The van der Waals surface area contributed by atoms with Crippen molar-refractivity contribution < 1.29 is 8.83 Å². The van der Waals surface area contributed by atoms with Crippen molar-refractivity contribution in [1.29, 1.82) is 0 Å². The molecule has 7 heteroatoms. The normalized spacial score (nSPS) is 10.7. The summed E-state index contributed by atoms with van der Waals surface area (Å²) in [4.78, 5) is 17.3. The number of nitrogens with one attached hydrogen (secondary N) is 1. The summed E-state index contributed by atoms with van der Waals surface area (Å²) in [5.41, 5.74) is 2.37. The summed E-state index contributed by atoms with van der Waals surface area (Å²) in [5, 5.41) is 3.21. The molecule has 124 valence electrons. The summed E-state index contributed by atoms with van der Waals surface area (Å²) < 4.78 is 11.0. The molecule has 0 aromatic carbocycles. The van der Waals surface area contributed by atoms with Crippen LogP contribution in [0, 0.1) is 0 Å². The van der Waals surface area contributed by atoms with E-state index in [1.807, 2.05) is 24.3 Å². The number of hydrogen-bond acceptors (Lipinski definition) is 7. The lowest BCUT2D eigenvalue weighted by atomic mass is 10.1. The Kier molecular flexibility index (Phi) is 4.20. The molecule has 25 heavy (non-hydrogen) atoms. The summed E-state index contributed by atoms with van der Waals surface area (Å²) in [6.07, 6.45) is 10.8. The van der Waals surface area contributed by atoms with E-state index in [0.29, 0.717) is 29.7 Å². The van der Waals surface area contributed by atoms with Crippen LogP contribution in [-0.4, -0.2) is 26.5 Å². The third-order valence-electron chi connectivity index (χ3n) is 3.61. The largest absolute Gasteiger partial charge is 0.464 e. The number of furan rings is 2. The van der Waals surface area contributed by atoms with Gasteiger partial charge in [0.1, 0.15) is 11.5 Å². The molecule has 0 spiro atoms. The van der Waals surface area contributed by atoms with E-state index >= 15 is 0 Å². The first-order chi connectivity index (χ1) is 12.4. The molecule has 4 aromatic heterocycles. The van der Waals surface area contributed by atoms with Crippen LogP contribution in [0.3, 0.4) is 0 Å². The van der Waals surface area contributed by atoms with E-state index in [9.17, 15) is 0 Å². The van der Waals surface area contributed by atoms with E-state index in [1.54, 1.807) is 37.3 Å². The minimum Gasteiger partial charge on any atom is -0.464 e. The minimum atomic E-state index is 0.519. The van der Waals surface area contributed by atoms with Gasteiger partial charge in [-0.25, -0.2) is 9.97 Å². The van der Waals surface area contributed by atoms with E-state index in [2.05, 4.69) is 25.3 Å². The van der Waals surface area contributed by atoms with Crippen LogP contribution >= 0.6 is 0 Å². The highest BCUT2D eigenvalue weighted by Crippen LogP contribution is 2.31. The van der Waals surface area contributed by atoms with Gasteiger partial charge in [0.2, 0.25) is 5.95 Å². The lowest BCUT2D eigenvalue weighted by Gasteiger charge is -2.08. The van der Waals surface area contributed by atoms with E-state index in [-0.39, 0.29) is 0 Å². The fourth-order valence-electron chi connectivity index (χ4n) is 2.44. The van der Waals surface area contributed by atoms with Gasteiger partial charge in [0, 0.05) is 37.8 Å². The second-order valence-electron chi connectivity index (χ2n) is 5.28. The van der Waals surface area contributed by atoms with Crippen molar-refractivity contribution in [2.75, 3.05) is 11.9 Å². The topological polar surface area (TPSA) is 89.9 Å². The van der Waals surface area contributed by atoms with Crippen LogP contribution in [0.25, 0.3) is 22.8 Å². The average Bonchev–Trinajstić information content (AvgIpc) is 3.36. The van der Waals surface area contributed by atoms with Crippen LogP contribution in [0.15, 0.2) is 70.4 Å². The van der Waals surface area contributed by atoms with E-state index < -0.39 is 0 Å². The van der Waals surface area contributed by atoms with Gasteiger partial charge in [-0.1, -0.05) is 0 Å². The summed E-state index contributed by atoms with van der Waals surface area (Å²) in [7, 11) is 0. The van der Waals surface area contributed by atoms with Gasteiger partial charge in [0.25, 0.3) is 0 Å². The Morgan fingerprint density at radius 3 is 2.48 bits per heavy atom. The molecular weight excluding hydrogens is 318 g/mol. The van der Waals surface area contributed by atoms with Crippen molar-refractivity contribution in [1.82, 2.24) is 19.9 Å². The molecule has 0 bridgehead atoms. The van der Waals surface area contributed by atoms with E-state index in [4.69, 9.17) is 8.83 Å². The first-order valence-corrected chi connectivity index (χ1v) is 7.84.